The van der Waals surface area contributed by atoms with E-state index < -0.39 is 8.60 Å². The van der Waals surface area contributed by atoms with Crippen LogP contribution in [0, 0.1) is 19.2 Å². The van der Waals surface area contributed by atoms with E-state index in [1.165, 1.54) is 0 Å². The number of benzene rings is 3. The van der Waals surface area contributed by atoms with Gasteiger partial charge in [0.05, 0.1) is 12.7 Å². The van der Waals surface area contributed by atoms with Crippen LogP contribution in [-0.4, -0.2) is 24.9 Å². The Morgan fingerprint density at radius 1 is 0.737 bits per heavy atom. The molecule has 200 valence electrons. The van der Waals surface area contributed by atoms with Crippen LogP contribution < -0.4 is 13.6 Å². The van der Waals surface area contributed by atoms with Crippen molar-refractivity contribution in [1.29, 1.82) is 0 Å². The summed E-state index contributed by atoms with van der Waals surface area (Å²) in [5.41, 5.74) is 0. The molecular weight excluding hydrogens is 547 g/mol. The minimum Gasteiger partial charge on any atom is -0.409 e. The second-order valence-corrected chi connectivity index (χ2v) is 8.17. The predicted molar refractivity (Wildman–Crippen MR) is 140 cm³/mol. The Kier molecular flexibility index (Phi) is 21.2. The molecule has 9 heteroatoms. The molecule has 0 aliphatic heterocycles. The maximum Gasteiger partial charge on any atom is 0.530 e. The third-order valence-electron chi connectivity index (χ3n) is 4.61. The first-order valence-electron chi connectivity index (χ1n) is 11.1. The zero-order valence-corrected chi connectivity index (χ0v) is 22.7. The molecule has 7 nitrogen and oxygen atoms in total. The van der Waals surface area contributed by atoms with E-state index in [1.54, 1.807) is 7.11 Å². The van der Waals surface area contributed by atoms with Gasteiger partial charge in [-0.2, -0.15) is 0 Å². The Bertz CT molecular complexity index is 956. The Hall–Kier alpha value is -3.11. The fraction of sp³-hybridized carbons (Fsp3) is 0.172. The summed E-state index contributed by atoms with van der Waals surface area (Å²) in [5.74, 6) is 2.27. The van der Waals surface area contributed by atoms with Crippen molar-refractivity contribution >= 4 is 8.60 Å². The van der Waals surface area contributed by atoms with E-state index in [0.717, 1.165) is 6.42 Å². The van der Waals surface area contributed by atoms with Gasteiger partial charge in [0.25, 0.3) is 0 Å². The van der Waals surface area contributed by atoms with E-state index in [1.807, 2.05) is 115 Å². The summed E-state index contributed by atoms with van der Waals surface area (Å²) < 4.78 is 37.5. The standard InChI is InChI=1S/C18H15O3P.C9H14O2.2CO.Fe/c1-4-10-16(11-5-1)19-22(20-17-12-6-2-7-13-17)21-18-14-8-3-9-15-18;1-11-7-8-5-3-2-4-6-9(8)10;2*1-2;/h1-15H;2-5,8-10H,6-7H2,1H3;;;/t;8-,9-;;;/m.0.../s1. The number of aliphatic hydroxyl groups excluding tert-OH is 1. The molecule has 1 aliphatic carbocycles. The van der Waals surface area contributed by atoms with Crippen molar-refractivity contribution in [2.45, 2.75) is 12.5 Å². The molecule has 0 bridgehead atoms. The largest absolute Gasteiger partial charge is 0.530 e. The molecule has 0 spiro atoms. The molecule has 0 amide bonds. The smallest absolute Gasteiger partial charge is 0.409 e. The van der Waals surface area contributed by atoms with Crippen molar-refractivity contribution < 1.29 is 49.8 Å². The molecule has 4 rings (SSSR count). The van der Waals surface area contributed by atoms with E-state index >= 15 is 0 Å². The number of rotatable bonds is 8. The van der Waals surface area contributed by atoms with E-state index in [-0.39, 0.29) is 29.1 Å². The Labute approximate surface area is 236 Å². The molecule has 0 unspecified atom stereocenters. The van der Waals surface area contributed by atoms with Crippen LogP contribution in [0.3, 0.4) is 0 Å². The Morgan fingerprint density at radius 2 is 1.13 bits per heavy atom. The molecule has 38 heavy (non-hydrogen) atoms. The summed E-state index contributed by atoms with van der Waals surface area (Å²) in [5, 5.41) is 9.50. The molecule has 3 aromatic rings. The van der Waals surface area contributed by atoms with Crippen LogP contribution in [0.1, 0.15) is 6.42 Å². The van der Waals surface area contributed by atoms with Gasteiger partial charge in [-0.1, -0.05) is 78.9 Å². The molecule has 0 fully saturated rings. The van der Waals surface area contributed by atoms with Crippen LogP contribution in [0.15, 0.2) is 115 Å². The average Bonchev–Trinajstić information content (AvgIpc) is 3.17. The van der Waals surface area contributed by atoms with Crippen LogP contribution in [0.2, 0.25) is 0 Å². The van der Waals surface area contributed by atoms with E-state index in [0.29, 0.717) is 23.9 Å². The summed E-state index contributed by atoms with van der Waals surface area (Å²) in [7, 11) is 0.0622. The fourth-order valence-electron chi connectivity index (χ4n) is 2.92. The minimum atomic E-state index is -1.59. The fourth-order valence-corrected chi connectivity index (χ4v) is 3.92. The first-order chi connectivity index (χ1) is 18.2. The average molecular weight is 576 g/mol. The van der Waals surface area contributed by atoms with Gasteiger partial charge in [-0.3, -0.25) is 0 Å². The summed E-state index contributed by atoms with van der Waals surface area (Å²) >= 11 is 0. The van der Waals surface area contributed by atoms with Gasteiger partial charge in [-0.25, -0.2) is 0 Å². The van der Waals surface area contributed by atoms with Crippen LogP contribution in [0.4, 0.5) is 0 Å². The molecule has 1 N–H and O–H groups in total. The zero-order chi connectivity index (χ0) is 27.1. The topological polar surface area (TPSA) is 97.0 Å². The maximum absolute atomic E-state index is 9.50. The molecular formula is C29H29FeO7P. The predicted octanol–water partition coefficient (Wildman–Crippen LogP) is 6.50. The van der Waals surface area contributed by atoms with Crippen LogP contribution in [0.5, 0.6) is 17.2 Å². The molecule has 2 atom stereocenters. The van der Waals surface area contributed by atoms with Crippen LogP contribution in [0.25, 0.3) is 0 Å². The number of ether oxygens (including phenoxy) is 1. The maximum atomic E-state index is 9.50. The Morgan fingerprint density at radius 3 is 1.50 bits per heavy atom. The molecule has 0 aromatic heterocycles. The molecule has 0 saturated carbocycles. The molecule has 3 aromatic carbocycles. The third kappa shape index (κ3) is 14.6. The van der Waals surface area contributed by atoms with Gasteiger partial charge in [0.1, 0.15) is 17.2 Å². The number of hydrogen-bond donors (Lipinski definition) is 1. The summed E-state index contributed by atoms with van der Waals surface area (Å²) in [6.07, 6.45) is 8.30. The van der Waals surface area contributed by atoms with Crippen LogP contribution in [-0.2, 0) is 31.1 Å². The molecule has 1 aliphatic rings. The normalized spacial score (nSPS) is 14.8. The van der Waals surface area contributed by atoms with Gasteiger partial charge in [0.15, 0.2) is 0 Å². The van der Waals surface area contributed by atoms with E-state index in [2.05, 4.69) is 13.3 Å². The van der Waals surface area contributed by atoms with Crippen molar-refractivity contribution in [3.63, 3.8) is 0 Å². The van der Waals surface area contributed by atoms with Gasteiger partial charge >= 0.3 is 31.2 Å². The number of aliphatic hydroxyl groups is 1. The van der Waals surface area contributed by atoms with Crippen molar-refractivity contribution in [3.05, 3.63) is 129 Å². The summed E-state index contributed by atoms with van der Waals surface area (Å²) in [6, 6.07) is 28.5. The number of methoxy groups -OCH3 is 1. The van der Waals surface area contributed by atoms with Crippen molar-refractivity contribution in [1.82, 2.24) is 0 Å². The number of para-hydroxylation sites is 3. The molecule has 0 saturated heterocycles. The van der Waals surface area contributed by atoms with Gasteiger partial charge < -0.3 is 23.4 Å². The molecule has 0 heterocycles. The van der Waals surface area contributed by atoms with Gasteiger partial charge in [-0.05, 0) is 42.8 Å². The second kappa shape index (κ2) is 23.0. The van der Waals surface area contributed by atoms with Gasteiger partial charge in [0.2, 0.25) is 0 Å². The first kappa shape index (κ1) is 34.9. The van der Waals surface area contributed by atoms with E-state index in [9.17, 15) is 5.11 Å². The summed E-state index contributed by atoms with van der Waals surface area (Å²) in [4.78, 5) is 0. The van der Waals surface area contributed by atoms with Crippen molar-refractivity contribution in [2.75, 3.05) is 13.7 Å². The van der Waals surface area contributed by atoms with E-state index in [4.69, 9.17) is 27.6 Å². The first-order valence-corrected chi connectivity index (χ1v) is 12.2. The van der Waals surface area contributed by atoms with Crippen molar-refractivity contribution in [2.24, 2.45) is 5.92 Å². The monoisotopic (exact) mass is 576 g/mol. The minimum absolute atomic E-state index is 0. The Balaban J connectivity index is 0.000000726. The zero-order valence-electron chi connectivity index (χ0n) is 20.7. The van der Waals surface area contributed by atoms with Gasteiger partial charge in [-0.15, -0.1) is 0 Å². The number of hydrogen-bond acceptors (Lipinski definition) is 5. The summed E-state index contributed by atoms with van der Waals surface area (Å²) in [6.45, 7) is 9.60. The quantitative estimate of drug-likeness (QED) is 0.143. The van der Waals surface area contributed by atoms with Crippen molar-refractivity contribution in [3.8, 4) is 17.2 Å². The van der Waals surface area contributed by atoms with Gasteiger partial charge in [0, 0.05) is 30.1 Å². The molecule has 0 radical (unpaired) electrons. The second-order valence-electron chi connectivity index (χ2n) is 7.17. The third-order valence-corrected chi connectivity index (χ3v) is 5.69. The number of allylic oxidation sites excluding steroid dienone is 2. The van der Waals surface area contributed by atoms with Crippen LogP contribution >= 0.6 is 8.60 Å². The SMILES string of the molecule is COC[C@@H]1C=CC=CC[C@@H]1O.[C-]#[O+].[C-]#[O+].[Fe].c1ccc(OP(Oc2ccccc2)Oc2ccccc2)cc1.